The molecular formula is C51H51N9O8S. The SMILES string of the molecule is CC(C)Oc1ccc(-c2nc(-c3cccc4c3CCC4NS(=O)(=O)CC(=O)N3CC(CC(C)Oc4ccc(-c5nc(-c6cccc7c6CCC7N6CCC(O)C6)no5)cc4C#N)C3)no2)cc1C#N. The van der Waals surface area contributed by atoms with E-state index >= 15 is 0 Å². The number of sulfonamides is 1. The van der Waals surface area contributed by atoms with Crippen LogP contribution in [0, 0.1) is 28.6 Å². The number of aliphatic hydroxyl groups is 1. The summed E-state index contributed by atoms with van der Waals surface area (Å²) in [5.74, 6) is 1.17. The van der Waals surface area contributed by atoms with E-state index in [9.17, 15) is 28.8 Å². The molecule has 1 amide bonds. The van der Waals surface area contributed by atoms with Crippen LogP contribution in [0.3, 0.4) is 0 Å². The molecule has 4 heterocycles. The molecule has 2 aromatic heterocycles. The van der Waals surface area contributed by atoms with E-state index in [1.165, 1.54) is 11.1 Å². The molecule has 10 rings (SSSR count). The molecule has 4 unspecified atom stereocenters. The maximum absolute atomic E-state index is 13.4. The summed E-state index contributed by atoms with van der Waals surface area (Å²) in [5, 5.41) is 38.4. The second-order valence-electron chi connectivity index (χ2n) is 18.7. The zero-order valence-electron chi connectivity index (χ0n) is 38.5. The van der Waals surface area contributed by atoms with Gasteiger partial charge in [0.15, 0.2) is 0 Å². The van der Waals surface area contributed by atoms with E-state index in [0.29, 0.717) is 89.9 Å². The number of ether oxygens (including phenoxy) is 2. The average Bonchev–Trinajstić information content (AvgIpc) is 4.18. The Morgan fingerprint density at radius 2 is 1.41 bits per heavy atom. The molecule has 2 aliphatic carbocycles. The molecule has 0 saturated carbocycles. The fourth-order valence-corrected chi connectivity index (χ4v) is 11.6. The van der Waals surface area contributed by atoms with Crippen molar-refractivity contribution in [3.8, 4) is 69.3 Å². The number of amides is 1. The number of aromatic nitrogens is 4. The number of β-amino-alcohol motifs (C(OH)–C–C–N with tert-alkyl or cyclic N) is 1. The van der Waals surface area contributed by atoms with Crippen LogP contribution in [0.1, 0.15) is 91.9 Å². The van der Waals surface area contributed by atoms with Gasteiger partial charge in [-0.15, -0.1) is 0 Å². The van der Waals surface area contributed by atoms with Crippen LogP contribution in [-0.4, -0.2) is 99.8 Å². The van der Waals surface area contributed by atoms with Crippen LogP contribution in [0.4, 0.5) is 0 Å². The number of carbonyl (C=O) groups excluding carboxylic acids is 1. The number of aliphatic hydroxyl groups excluding tert-OH is 1. The second-order valence-corrected chi connectivity index (χ2v) is 20.4. The highest BCUT2D eigenvalue weighted by Gasteiger charge is 2.37. The van der Waals surface area contributed by atoms with Gasteiger partial charge in [-0.1, -0.05) is 46.7 Å². The number of rotatable bonds is 15. The van der Waals surface area contributed by atoms with Crippen molar-refractivity contribution in [2.24, 2.45) is 5.92 Å². The molecule has 4 aliphatic rings. The van der Waals surface area contributed by atoms with Gasteiger partial charge in [-0.05, 0) is 124 Å². The maximum Gasteiger partial charge on any atom is 0.258 e. The molecule has 354 valence electrons. The quantitative estimate of drug-likeness (QED) is 0.106. The number of benzene rings is 4. The highest BCUT2D eigenvalue weighted by Crippen LogP contribution is 2.42. The average molecular weight is 950 g/mol. The van der Waals surface area contributed by atoms with Gasteiger partial charge in [0.05, 0.1) is 29.4 Å². The molecule has 4 aromatic carbocycles. The summed E-state index contributed by atoms with van der Waals surface area (Å²) in [5.41, 5.74) is 7.57. The third-order valence-corrected chi connectivity index (χ3v) is 14.7. The molecule has 0 spiro atoms. The summed E-state index contributed by atoms with van der Waals surface area (Å²) < 4.78 is 52.8. The van der Waals surface area contributed by atoms with Gasteiger partial charge in [0.2, 0.25) is 27.6 Å². The predicted octanol–water partition coefficient (Wildman–Crippen LogP) is 6.93. The number of nitrogens with one attached hydrogen (secondary N) is 1. The highest BCUT2D eigenvalue weighted by atomic mass is 32.2. The van der Waals surface area contributed by atoms with Crippen molar-refractivity contribution in [1.29, 1.82) is 10.5 Å². The third-order valence-electron chi connectivity index (χ3n) is 13.5. The molecule has 2 fully saturated rings. The topological polar surface area (TPSA) is 234 Å². The van der Waals surface area contributed by atoms with Gasteiger partial charge in [0.25, 0.3) is 11.8 Å². The zero-order chi connectivity index (χ0) is 48.0. The van der Waals surface area contributed by atoms with Crippen LogP contribution < -0.4 is 14.2 Å². The van der Waals surface area contributed by atoms with Crippen LogP contribution in [0.2, 0.25) is 0 Å². The van der Waals surface area contributed by atoms with Crippen LogP contribution in [-0.2, 0) is 27.7 Å². The Kier molecular flexibility index (Phi) is 12.5. The number of hydrogen-bond donors (Lipinski definition) is 2. The molecule has 2 N–H and O–H groups in total. The van der Waals surface area contributed by atoms with E-state index in [1.54, 1.807) is 41.3 Å². The minimum atomic E-state index is -4.00. The number of nitrogens with zero attached hydrogens (tertiary/aromatic N) is 8. The molecule has 2 saturated heterocycles. The lowest BCUT2D eigenvalue weighted by Gasteiger charge is -2.40. The first-order valence-electron chi connectivity index (χ1n) is 23.4. The Balaban J connectivity index is 0.712. The van der Waals surface area contributed by atoms with Crippen LogP contribution in [0.5, 0.6) is 11.5 Å². The summed E-state index contributed by atoms with van der Waals surface area (Å²) in [6, 6.07) is 26.1. The zero-order valence-corrected chi connectivity index (χ0v) is 39.3. The normalized spacial score (nSPS) is 19.5. The standard InChI is InChI=1S/C51H51N9O8S/c1-29(2)65-45-16-10-32(21-34(45)23-52)50-54-48(56-67-50)41-8-4-6-39-37(41)12-14-43(39)58-69(63,64)28-47(62)60-25-31(26-60)20-30(3)66-46-17-11-33(22-35(46)24-53)51-55-49(57-68-51)42-9-5-7-40-38(42)13-15-44(40)59-19-18-36(61)27-59/h4-11,16-17,21-22,29-31,36,43-44,58,61H,12-15,18-20,25-28H2,1-3H3. The minimum Gasteiger partial charge on any atom is -0.490 e. The lowest BCUT2D eigenvalue weighted by molar-refractivity contribution is -0.135. The van der Waals surface area contributed by atoms with Gasteiger partial charge >= 0.3 is 0 Å². The van der Waals surface area contributed by atoms with E-state index in [2.05, 4.69) is 43.1 Å². The minimum absolute atomic E-state index is 0.0929. The molecular weight excluding hydrogens is 899 g/mol. The fourth-order valence-electron chi connectivity index (χ4n) is 10.3. The Bertz CT molecular complexity index is 3130. The maximum atomic E-state index is 13.4. The number of likely N-dealkylation sites (tertiary alicyclic amines) is 2. The number of fused-ring (bicyclic) bond motifs is 2. The van der Waals surface area contributed by atoms with Gasteiger partial charge in [-0.2, -0.15) is 20.5 Å². The summed E-state index contributed by atoms with van der Waals surface area (Å²) in [6.07, 6.45) is 3.63. The number of carbonyl (C=O) groups is 1. The molecule has 4 atom stereocenters. The van der Waals surface area contributed by atoms with Crippen molar-refractivity contribution >= 4 is 15.9 Å². The Labute approximate surface area is 399 Å². The molecule has 2 aliphatic heterocycles. The van der Waals surface area contributed by atoms with Gasteiger partial charge in [-0.25, -0.2) is 13.1 Å². The number of nitriles is 2. The second kappa shape index (κ2) is 18.9. The predicted molar refractivity (Wildman–Crippen MR) is 252 cm³/mol. The van der Waals surface area contributed by atoms with Gasteiger partial charge in [0, 0.05) is 60.5 Å². The van der Waals surface area contributed by atoms with E-state index in [4.69, 9.17) is 23.5 Å². The van der Waals surface area contributed by atoms with Gasteiger partial charge < -0.3 is 28.5 Å². The molecule has 18 heteroatoms. The van der Waals surface area contributed by atoms with Crippen LogP contribution in [0.25, 0.3) is 45.7 Å². The molecule has 6 aromatic rings. The number of hydrogen-bond acceptors (Lipinski definition) is 15. The van der Waals surface area contributed by atoms with E-state index in [-0.39, 0.29) is 42.1 Å². The van der Waals surface area contributed by atoms with Gasteiger partial charge in [0.1, 0.15) is 29.4 Å². The van der Waals surface area contributed by atoms with E-state index in [1.807, 2.05) is 51.1 Å². The summed E-state index contributed by atoms with van der Waals surface area (Å²) >= 11 is 0. The Morgan fingerprint density at radius 3 is 2.00 bits per heavy atom. The van der Waals surface area contributed by atoms with Crippen molar-refractivity contribution in [3.05, 3.63) is 106 Å². The van der Waals surface area contributed by atoms with Crippen LogP contribution >= 0.6 is 0 Å². The van der Waals surface area contributed by atoms with E-state index in [0.717, 1.165) is 42.5 Å². The van der Waals surface area contributed by atoms with Crippen molar-refractivity contribution < 1.29 is 36.8 Å². The third kappa shape index (κ3) is 9.45. The Hall–Kier alpha value is -6.96. The first-order valence-corrected chi connectivity index (χ1v) is 25.0. The van der Waals surface area contributed by atoms with Crippen molar-refractivity contribution in [3.63, 3.8) is 0 Å². The molecule has 17 nitrogen and oxygen atoms in total. The molecule has 0 bridgehead atoms. The molecule has 0 radical (unpaired) electrons. The van der Waals surface area contributed by atoms with Crippen molar-refractivity contribution in [1.82, 2.24) is 34.8 Å². The first kappa shape index (κ1) is 45.8. The smallest absolute Gasteiger partial charge is 0.258 e. The lowest BCUT2D eigenvalue weighted by Crippen LogP contribution is -2.53. The summed E-state index contributed by atoms with van der Waals surface area (Å²) in [7, 11) is -4.00. The van der Waals surface area contributed by atoms with E-state index < -0.39 is 27.7 Å². The van der Waals surface area contributed by atoms with Crippen molar-refractivity contribution in [2.75, 3.05) is 31.9 Å². The fraction of sp³-hybridized carbons (Fsp3) is 0.392. The van der Waals surface area contributed by atoms with Gasteiger partial charge in [-0.3, -0.25) is 9.69 Å². The van der Waals surface area contributed by atoms with Crippen LogP contribution in [0.15, 0.2) is 81.8 Å². The lowest BCUT2D eigenvalue weighted by atomic mass is 9.94. The summed E-state index contributed by atoms with van der Waals surface area (Å²) in [4.78, 5) is 26.5. The van der Waals surface area contributed by atoms with Crippen molar-refractivity contribution in [2.45, 2.75) is 89.7 Å². The highest BCUT2D eigenvalue weighted by molar-refractivity contribution is 7.90. The Morgan fingerprint density at radius 1 is 0.812 bits per heavy atom. The summed E-state index contributed by atoms with van der Waals surface area (Å²) in [6.45, 7) is 8.03. The largest absolute Gasteiger partial charge is 0.490 e. The molecule has 69 heavy (non-hydrogen) atoms. The monoisotopic (exact) mass is 949 g/mol. The first-order chi connectivity index (χ1) is 33.3.